The number of nitro benzene ring substituents is 1. The van der Waals surface area contributed by atoms with Crippen molar-refractivity contribution in [3.8, 4) is 0 Å². The number of nitrogens with zero attached hydrogens (tertiary/aromatic N) is 1. The number of nitro groups is 1. The minimum Gasteiger partial charge on any atom is -0.383 e. The molecule has 106 valence electrons. The summed E-state index contributed by atoms with van der Waals surface area (Å²) in [5.41, 5.74) is 7.08. The molecule has 0 aromatic heterocycles. The highest BCUT2D eigenvalue weighted by Crippen LogP contribution is 2.26. The molecule has 0 saturated heterocycles. The Labute approximate surface area is 113 Å². The number of methoxy groups -OCH3 is 1. The first kappa shape index (κ1) is 15.4. The van der Waals surface area contributed by atoms with E-state index in [4.69, 9.17) is 10.5 Å². The lowest BCUT2D eigenvalue weighted by Crippen LogP contribution is -2.26. The van der Waals surface area contributed by atoms with Crippen LogP contribution in [0.4, 0.5) is 11.4 Å². The highest BCUT2D eigenvalue weighted by molar-refractivity contribution is 5.63. The fourth-order valence-electron chi connectivity index (χ4n) is 1.91. The van der Waals surface area contributed by atoms with Crippen LogP contribution in [0.5, 0.6) is 0 Å². The van der Waals surface area contributed by atoms with Crippen LogP contribution in [-0.2, 0) is 4.74 Å². The molecule has 1 aromatic carbocycles. The Morgan fingerprint density at radius 2 is 2.26 bits per heavy atom. The van der Waals surface area contributed by atoms with Crippen molar-refractivity contribution in [1.82, 2.24) is 0 Å². The molecular weight excluding hydrogens is 246 g/mol. The molecule has 0 aliphatic carbocycles. The van der Waals surface area contributed by atoms with E-state index in [0.29, 0.717) is 18.8 Å². The van der Waals surface area contributed by atoms with Crippen LogP contribution < -0.4 is 11.1 Å². The molecule has 1 rings (SSSR count). The van der Waals surface area contributed by atoms with Gasteiger partial charge in [-0.05, 0) is 37.9 Å². The van der Waals surface area contributed by atoms with Gasteiger partial charge in [-0.15, -0.1) is 0 Å². The summed E-state index contributed by atoms with van der Waals surface area (Å²) in [7, 11) is 1.61. The van der Waals surface area contributed by atoms with Crippen LogP contribution in [0.3, 0.4) is 0 Å². The van der Waals surface area contributed by atoms with Crippen LogP contribution in [0, 0.1) is 17.0 Å². The van der Waals surface area contributed by atoms with E-state index in [2.05, 4.69) is 5.32 Å². The largest absolute Gasteiger partial charge is 0.383 e. The van der Waals surface area contributed by atoms with Crippen LogP contribution in [0.15, 0.2) is 18.2 Å². The van der Waals surface area contributed by atoms with Gasteiger partial charge in [0.05, 0.1) is 11.5 Å². The van der Waals surface area contributed by atoms with Gasteiger partial charge in [-0.1, -0.05) is 6.07 Å². The molecule has 0 amide bonds. The molecule has 0 bridgehead atoms. The van der Waals surface area contributed by atoms with Crippen LogP contribution in [0.25, 0.3) is 0 Å². The van der Waals surface area contributed by atoms with Crippen molar-refractivity contribution in [2.75, 3.05) is 25.6 Å². The molecule has 0 fully saturated rings. The van der Waals surface area contributed by atoms with Gasteiger partial charge in [0.1, 0.15) is 5.69 Å². The Kier molecular flexibility index (Phi) is 6.24. The van der Waals surface area contributed by atoms with Crippen molar-refractivity contribution in [3.05, 3.63) is 33.9 Å². The van der Waals surface area contributed by atoms with E-state index in [1.165, 1.54) is 6.07 Å². The van der Waals surface area contributed by atoms with Crippen molar-refractivity contribution in [3.63, 3.8) is 0 Å². The highest BCUT2D eigenvalue weighted by atomic mass is 16.6. The van der Waals surface area contributed by atoms with E-state index in [1.54, 1.807) is 19.2 Å². The summed E-state index contributed by atoms with van der Waals surface area (Å²) < 4.78 is 5.13. The Bertz CT molecular complexity index is 424. The molecule has 19 heavy (non-hydrogen) atoms. The van der Waals surface area contributed by atoms with E-state index >= 15 is 0 Å². The summed E-state index contributed by atoms with van der Waals surface area (Å²) in [4.78, 5) is 10.6. The van der Waals surface area contributed by atoms with Gasteiger partial charge in [-0.3, -0.25) is 10.1 Å². The number of anilines is 1. The molecule has 0 heterocycles. The molecule has 6 nitrogen and oxygen atoms in total. The molecule has 1 atom stereocenters. The second-order valence-electron chi connectivity index (χ2n) is 4.51. The molecular formula is C13H21N3O3. The number of aryl methyl sites for hydroxylation is 1. The smallest absolute Gasteiger partial charge is 0.292 e. The molecule has 0 aliphatic heterocycles. The summed E-state index contributed by atoms with van der Waals surface area (Å²) in [6.07, 6.45) is 1.66. The summed E-state index contributed by atoms with van der Waals surface area (Å²) >= 11 is 0. The number of rotatable bonds is 8. The van der Waals surface area contributed by atoms with Gasteiger partial charge < -0.3 is 15.8 Å². The van der Waals surface area contributed by atoms with E-state index in [-0.39, 0.29) is 16.7 Å². The van der Waals surface area contributed by atoms with Gasteiger partial charge in [-0.2, -0.15) is 0 Å². The van der Waals surface area contributed by atoms with Crippen LogP contribution in [0.1, 0.15) is 18.4 Å². The Balaban J connectivity index is 2.87. The first-order valence-electron chi connectivity index (χ1n) is 6.29. The van der Waals surface area contributed by atoms with E-state index in [9.17, 15) is 10.1 Å². The SMILES string of the molecule is COCC(CCCN)Nc1cc(C)ccc1[N+](=O)[O-]. The number of nitrogens with one attached hydrogen (secondary N) is 1. The van der Waals surface area contributed by atoms with Gasteiger partial charge in [-0.25, -0.2) is 0 Å². The highest BCUT2D eigenvalue weighted by Gasteiger charge is 2.17. The lowest BCUT2D eigenvalue weighted by atomic mass is 10.1. The van der Waals surface area contributed by atoms with Gasteiger partial charge in [0.2, 0.25) is 0 Å². The van der Waals surface area contributed by atoms with Crippen molar-refractivity contribution in [2.24, 2.45) is 5.73 Å². The summed E-state index contributed by atoms with van der Waals surface area (Å²) in [5.74, 6) is 0. The first-order chi connectivity index (χ1) is 9.08. The molecule has 3 N–H and O–H groups in total. The van der Waals surface area contributed by atoms with E-state index < -0.39 is 0 Å². The standard InChI is InChI=1S/C13H21N3O3/c1-10-5-6-13(16(17)18)12(8-10)15-11(9-19-2)4-3-7-14/h5-6,8,11,15H,3-4,7,9,14H2,1-2H3. The monoisotopic (exact) mass is 267 g/mol. The molecule has 1 aromatic rings. The van der Waals surface area contributed by atoms with Crippen molar-refractivity contribution >= 4 is 11.4 Å². The summed E-state index contributed by atoms with van der Waals surface area (Å²) in [5, 5.41) is 14.2. The van der Waals surface area contributed by atoms with Gasteiger partial charge in [0.15, 0.2) is 0 Å². The predicted octanol–water partition coefficient (Wildman–Crippen LogP) is 2.07. The number of nitrogens with two attached hydrogens (primary N) is 1. The van der Waals surface area contributed by atoms with Crippen molar-refractivity contribution in [2.45, 2.75) is 25.8 Å². The lowest BCUT2D eigenvalue weighted by Gasteiger charge is -2.19. The molecule has 0 aliphatic rings. The minimum absolute atomic E-state index is 0.0223. The average Bonchev–Trinajstić information content (AvgIpc) is 2.36. The third-order valence-electron chi connectivity index (χ3n) is 2.83. The fraction of sp³-hybridized carbons (Fsp3) is 0.538. The van der Waals surface area contributed by atoms with Crippen molar-refractivity contribution in [1.29, 1.82) is 0 Å². The van der Waals surface area contributed by atoms with E-state index in [0.717, 1.165) is 18.4 Å². The van der Waals surface area contributed by atoms with Crippen molar-refractivity contribution < 1.29 is 9.66 Å². The maximum absolute atomic E-state index is 11.0. The summed E-state index contributed by atoms with van der Waals surface area (Å²) in [6.45, 7) is 2.99. The van der Waals surface area contributed by atoms with Gasteiger partial charge >= 0.3 is 0 Å². The fourth-order valence-corrected chi connectivity index (χ4v) is 1.91. The quantitative estimate of drug-likeness (QED) is 0.556. The lowest BCUT2D eigenvalue weighted by molar-refractivity contribution is -0.384. The number of benzene rings is 1. The van der Waals surface area contributed by atoms with E-state index in [1.807, 2.05) is 6.92 Å². The zero-order chi connectivity index (χ0) is 14.3. The van der Waals surface area contributed by atoms with Crippen LogP contribution in [-0.4, -0.2) is 31.2 Å². The maximum atomic E-state index is 11.0. The van der Waals surface area contributed by atoms with Crippen LogP contribution >= 0.6 is 0 Å². The number of ether oxygens (including phenoxy) is 1. The Morgan fingerprint density at radius 3 is 2.84 bits per heavy atom. The third-order valence-corrected chi connectivity index (χ3v) is 2.83. The summed E-state index contributed by atoms with van der Waals surface area (Å²) in [6, 6.07) is 5.05. The second kappa shape index (κ2) is 7.70. The molecule has 0 saturated carbocycles. The zero-order valence-corrected chi connectivity index (χ0v) is 11.4. The normalized spacial score (nSPS) is 12.2. The molecule has 0 radical (unpaired) electrons. The number of hydrogen-bond donors (Lipinski definition) is 2. The minimum atomic E-state index is -0.380. The van der Waals surface area contributed by atoms with Gasteiger partial charge in [0, 0.05) is 19.2 Å². The topological polar surface area (TPSA) is 90.4 Å². The predicted molar refractivity (Wildman–Crippen MR) is 75.4 cm³/mol. The molecule has 6 heteroatoms. The maximum Gasteiger partial charge on any atom is 0.292 e. The Hall–Kier alpha value is -1.66. The van der Waals surface area contributed by atoms with Crippen LogP contribution in [0.2, 0.25) is 0 Å². The molecule has 0 spiro atoms. The first-order valence-corrected chi connectivity index (χ1v) is 6.29. The average molecular weight is 267 g/mol. The zero-order valence-electron chi connectivity index (χ0n) is 11.4. The number of hydrogen-bond acceptors (Lipinski definition) is 5. The third kappa shape index (κ3) is 4.84. The second-order valence-corrected chi connectivity index (χ2v) is 4.51. The molecule has 1 unspecified atom stereocenters. The van der Waals surface area contributed by atoms with Gasteiger partial charge in [0.25, 0.3) is 5.69 Å². The Morgan fingerprint density at radius 1 is 1.53 bits per heavy atom.